The van der Waals surface area contributed by atoms with E-state index in [0.29, 0.717) is 6.07 Å². The van der Waals surface area contributed by atoms with E-state index < -0.39 is 69.6 Å². The number of hydrogen-bond donors (Lipinski definition) is 0. The zero-order valence-electron chi connectivity index (χ0n) is 15.0. The minimum Gasteiger partial charge on any atom is -0.289 e. The fraction of sp³-hybridized carbons (Fsp3) is 0.412. The maximum atomic E-state index is 14.4. The molecule has 0 aliphatic heterocycles. The lowest BCUT2D eigenvalue weighted by Crippen LogP contribution is -2.70. The normalized spacial score (nSPS) is 17.1. The molecule has 1 aromatic rings. The highest BCUT2D eigenvalue weighted by atomic mass is 19.4. The number of ketones is 2. The molecule has 0 fully saturated rings. The summed E-state index contributed by atoms with van der Waals surface area (Å²) in [4.78, 5) is 24.3. The topological polar surface area (TPSA) is 34.1 Å². The second-order valence-corrected chi connectivity index (χ2v) is 6.57. The molecule has 2 rings (SSSR count). The number of Topliss-reactive ketones (excluding diaryl/α,β-unsaturated/α-hetero) is 2. The average molecular weight is 490 g/mol. The zero-order valence-corrected chi connectivity index (χ0v) is 15.0. The molecule has 1 aliphatic carbocycles. The Morgan fingerprint density at radius 2 is 0.938 bits per heavy atom. The first-order valence-electron chi connectivity index (χ1n) is 7.94. The number of fused-ring (bicyclic) bond motifs is 1. The highest BCUT2D eigenvalue weighted by Crippen LogP contribution is 2.61. The van der Waals surface area contributed by atoms with Crippen LogP contribution < -0.4 is 0 Å². The van der Waals surface area contributed by atoms with E-state index in [-0.39, 0.29) is 6.92 Å². The molecule has 2 nitrogen and oxygen atoms in total. The number of benzene rings is 1. The van der Waals surface area contributed by atoms with Crippen LogP contribution in [0.15, 0.2) is 35.4 Å². The van der Waals surface area contributed by atoms with Gasteiger partial charge in [0.25, 0.3) is 0 Å². The SMILES string of the molecule is CC1=C(C(F)(F)C(F)(F)C(F)(F)C(F)(F)C(F)(F)C(F)(F)F)C(=O)c2ccccc2C1=O. The van der Waals surface area contributed by atoms with E-state index >= 15 is 0 Å². The number of hydrogen-bond acceptors (Lipinski definition) is 2. The van der Waals surface area contributed by atoms with Crippen molar-refractivity contribution < 1.29 is 66.7 Å². The van der Waals surface area contributed by atoms with Gasteiger partial charge in [0, 0.05) is 16.7 Å². The standard InChI is InChI=1S/C17H7F13O2/c1-6-9(11(32)8-5-3-2-4-7(8)10(6)31)12(18,19)13(20,21)14(22,23)15(24,25)16(26,27)17(28,29)30/h2-5H,1H3. The molecule has 0 saturated carbocycles. The Morgan fingerprint density at radius 3 is 1.34 bits per heavy atom. The molecule has 0 N–H and O–H groups in total. The third kappa shape index (κ3) is 3.03. The molecule has 0 spiro atoms. The number of rotatable bonds is 5. The van der Waals surface area contributed by atoms with Crippen LogP contribution in [0.2, 0.25) is 0 Å². The number of carbonyl (C=O) groups is 2. The molecule has 0 unspecified atom stereocenters. The van der Waals surface area contributed by atoms with Crippen molar-refractivity contribution in [2.24, 2.45) is 0 Å². The smallest absolute Gasteiger partial charge is 0.289 e. The van der Waals surface area contributed by atoms with Crippen LogP contribution in [0.25, 0.3) is 0 Å². The molecule has 0 bridgehead atoms. The molecule has 0 heterocycles. The van der Waals surface area contributed by atoms with E-state index in [1.54, 1.807) is 0 Å². The fourth-order valence-corrected chi connectivity index (χ4v) is 2.80. The van der Waals surface area contributed by atoms with Crippen molar-refractivity contribution in [3.05, 3.63) is 46.5 Å². The van der Waals surface area contributed by atoms with E-state index in [2.05, 4.69) is 0 Å². The van der Waals surface area contributed by atoms with Crippen LogP contribution in [-0.2, 0) is 0 Å². The molecule has 15 heteroatoms. The summed E-state index contributed by atoms with van der Waals surface area (Å²) in [7, 11) is 0. The summed E-state index contributed by atoms with van der Waals surface area (Å²) in [5.41, 5.74) is -6.07. The quantitative estimate of drug-likeness (QED) is 0.467. The highest BCUT2D eigenvalue weighted by molar-refractivity contribution is 6.27. The molecule has 0 radical (unpaired) electrons. The Bertz CT molecular complexity index is 1000. The molecule has 32 heavy (non-hydrogen) atoms. The van der Waals surface area contributed by atoms with Gasteiger partial charge in [-0.15, -0.1) is 0 Å². The third-order valence-corrected chi connectivity index (χ3v) is 4.61. The van der Waals surface area contributed by atoms with E-state index in [1.165, 1.54) is 0 Å². The summed E-state index contributed by atoms with van der Waals surface area (Å²) >= 11 is 0. The first-order chi connectivity index (χ1) is 14.1. The zero-order chi connectivity index (χ0) is 25.3. The molecular formula is C17H7F13O2. The Morgan fingerprint density at radius 1 is 0.562 bits per heavy atom. The van der Waals surface area contributed by atoms with Crippen LogP contribution in [0.4, 0.5) is 57.1 Å². The van der Waals surface area contributed by atoms with Gasteiger partial charge < -0.3 is 0 Å². The molecule has 178 valence electrons. The van der Waals surface area contributed by atoms with Gasteiger partial charge in [-0.3, -0.25) is 9.59 Å². The maximum Gasteiger partial charge on any atom is 0.460 e. The summed E-state index contributed by atoms with van der Waals surface area (Å²) in [5.74, 6) is -42.3. The van der Waals surface area contributed by atoms with Gasteiger partial charge in [-0.25, -0.2) is 0 Å². The summed E-state index contributed by atoms with van der Waals surface area (Å²) in [6.07, 6.45) is -7.55. The Hall–Kier alpha value is -2.61. The lowest BCUT2D eigenvalue weighted by Gasteiger charge is -2.40. The van der Waals surface area contributed by atoms with Crippen molar-refractivity contribution in [2.45, 2.75) is 42.7 Å². The number of allylic oxidation sites excluding steroid dienone is 2. The van der Waals surface area contributed by atoms with Crippen molar-refractivity contribution in [1.29, 1.82) is 0 Å². The van der Waals surface area contributed by atoms with Crippen molar-refractivity contribution >= 4 is 11.6 Å². The van der Waals surface area contributed by atoms with Crippen molar-refractivity contribution in [2.75, 3.05) is 0 Å². The summed E-state index contributed by atoms with van der Waals surface area (Å²) in [5, 5.41) is 0. The molecule has 1 aromatic carbocycles. The summed E-state index contributed by atoms with van der Waals surface area (Å²) in [6, 6.07) is 3.47. The second kappa shape index (κ2) is 6.94. The first kappa shape index (κ1) is 25.6. The summed E-state index contributed by atoms with van der Waals surface area (Å²) in [6.45, 7) is 0.260. The third-order valence-electron chi connectivity index (χ3n) is 4.61. The van der Waals surface area contributed by atoms with Gasteiger partial charge in [0.15, 0.2) is 11.6 Å². The van der Waals surface area contributed by atoms with Crippen molar-refractivity contribution in [3.8, 4) is 0 Å². The maximum absolute atomic E-state index is 14.4. The van der Waals surface area contributed by atoms with Crippen LogP contribution in [0, 0.1) is 0 Å². The Labute approximate surface area is 168 Å². The monoisotopic (exact) mass is 490 g/mol. The number of halogens is 13. The summed E-state index contributed by atoms with van der Waals surface area (Å²) < 4.78 is 173. The predicted molar refractivity (Wildman–Crippen MR) is 78.6 cm³/mol. The predicted octanol–water partition coefficient (Wildman–Crippen LogP) is 6.12. The fourth-order valence-electron chi connectivity index (χ4n) is 2.80. The van der Waals surface area contributed by atoms with Crippen LogP contribution >= 0.6 is 0 Å². The van der Waals surface area contributed by atoms with E-state index in [9.17, 15) is 66.7 Å². The van der Waals surface area contributed by atoms with Gasteiger partial charge in [-0.1, -0.05) is 24.3 Å². The van der Waals surface area contributed by atoms with Gasteiger partial charge in [-0.2, -0.15) is 57.1 Å². The number of alkyl halides is 13. The van der Waals surface area contributed by atoms with Crippen molar-refractivity contribution in [3.63, 3.8) is 0 Å². The van der Waals surface area contributed by atoms with Gasteiger partial charge >= 0.3 is 35.8 Å². The van der Waals surface area contributed by atoms with Gasteiger partial charge in [0.2, 0.25) is 0 Å². The lowest BCUT2D eigenvalue weighted by molar-refractivity contribution is -0.436. The minimum absolute atomic E-state index is 0.260. The highest BCUT2D eigenvalue weighted by Gasteiger charge is 2.91. The second-order valence-electron chi connectivity index (χ2n) is 6.57. The molecular weight excluding hydrogens is 483 g/mol. The largest absolute Gasteiger partial charge is 0.460 e. The van der Waals surface area contributed by atoms with Gasteiger partial charge in [-0.05, 0) is 6.92 Å². The molecule has 0 atom stereocenters. The molecule has 0 saturated heterocycles. The average Bonchev–Trinajstić information content (AvgIpc) is 2.64. The lowest BCUT2D eigenvalue weighted by atomic mass is 9.79. The molecule has 0 aromatic heterocycles. The van der Waals surface area contributed by atoms with Crippen LogP contribution in [-0.4, -0.2) is 47.4 Å². The Kier molecular flexibility index (Phi) is 5.56. The molecule has 0 amide bonds. The van der Waals surface area contributed by atoms with Crippen LogP contribution in [0.3, 0.4) is 0 Å². The number of carbonyl (C=O) groups excluding carboxylic acids is 2. The van der Waals surface area contributed by atoms with E-state index in [4.69, 9.17) is 0 Å². The minimum atomic E-state index is -8.10. The Balaban J connectivity index is 2.73. The van der Waals surface area contributed by atoms with Crippen LogP contribution in [0.5, 0.6) is 0 Å². The van der Waals surface area contributed by atoms with Gasteiger partial charge in [0.1, 0.15) is 0 Å². The first-order valence-corrected chi connectivity index (χ1v) is 7.94. The van der Waals surface area contributed by atoms with E-state index in [0.717, 1.165) is 18.2 Å². The molecule has 1 aliphatic rings. The van der Waals surface area contributed by atoms with Gasteiger partial charge in [0.05, 0.1) is 5.57 Å². The van der Waals surface area contributed by atoms with Crippen LogP contribution in [0.1, 0.15) is 27.6 Å². The van der Waals surface area contributed by atoms with Crippen molar-refractivity contribution in [1.82, 2.24) is 0 Å². The van der Waals surface area contributed by atoms with E-state index in [1.807, 2.05) is 0 Å².